The van der Waals surface area contributed by atoms with Crippen LogP contribution in [0.2, 0.25) is 0 Å². The molecule has 25 heavy (non-hydrogen) atoms. The topological polar surface area (TPSA) is 71.4 Å². The quantitative estimate of drug-likeness (QED) is 0.843. The number of nitriles is 1. The van der Waals surface area contributed by atoms with Crippen LogP contribution in [0, 0.1) is 18.3 Å². The summed E-state index contributed by atoms with van der Waals surface area (Å²) in [5.41, 5.74) is 0.690. The van der Waals surface area contributed by atoms with Crippen molar-refractivity contribution in [2.45, 2.75) is 44.8 Å². The molecule has 130 valence electrons. The zero-order valence-corrected chi connectivity index (χ0v) is 14.3. The molecule has 0 spiro atoms. The summed E-state index contributed by atoms with van der Waals surface area (Å²) >= 11 is 0. The van der Waals surface area contributed by atoms with Crippen LogP contribution >= 0.6 is 0 Å². The van der Waals surface area contributed by atoms with E-state index in [0.717, 1.165) is 25.7 Å². The van der Waals surface area contributed by atoms with Gasteiger partial charge in [-0.25, -0.2) is 0 Å². The Labute approximate surface area is 146 Å². The van der Waals surface area contributed by atoms with E-state index in [4.69, 9.17) is 9.15 Å². The lowest BCUT2D eigenvalue weighted by Crippen LogP contribution is -2.55. The number of hydrogen-bond acceptors (Lipinski definition) is 4. The van der Waals surface area contributed by atoms with Gasteiger partial charge in [-0.05, 0) is 31.9 Å². The molecule has 4 rings (SSSR count). The molecule has 0 aromatic carbocycles. The molecule has 1 saturated carbocycles. The van der Waals surface area contributed by atoms with Crippen molar-refractivity contribution < 1.29 is 13.9 Å². The minimum atomic E-state index is -0.114. The first-order valence-electron chi connectivity index (χ1n) is 8.80. The highest BCUT2D eigenvalue weighted by Crippen LogP contribution is 2.32. The molecule has 1 saturated heterocycles. The van der Waals surface area contributed by atoms with Crippen molar-refractivity contribution in [3.63, 3.8) is 0 Å². The van der Waals surface area contributed by atoms with Crippen LogP contribution in [0.25, 0.3) is 5.88 Å². The summed E-state index contributed by atoms with van der Waals surface area (Å²) in [6, 6.07) is 5.99. The Morgan fingerprint density at radius 3 is 2.80 bits per heavy atom. The van der Waals surface area contributed by atoms with E-state index >= 15 is 0 Å². The Bertz CT molecular complexity index is 814. The van der Waals surface area contributed by atoms with Gasteiger partial charge in [0.2, 0.25) is 5.88 Å². The van der Waals surface area contributed by atoms with E-state index in [9.17, 15) is 10.1 Å². The van der Waals surface area contributed by atoms with E-state index in [0.29, 0.717) is 35.9 Å². The smallest absolute Gasteiger partial charge is 0.259 e. The summed E-state index contributed by atoms with van der Waals surface area (Å²) in [7, 11) is 0. The van der Waals surface area contributed by atoms with E-state index in [-0.39, 0.29) is 18.1 Å². The standard InChI is InChI=1S/C19H21N3O3/c1-13-17(14(12-20)19(25-13)21-8-4-5-9-21)18(23)22-10-11-24-16-7-3-2-6-15(16)22/h4-5,8-9,15-16H,2-3,6-7,10-11H2,1H3/t15-,16+/m0/s1. The average Bonchev–Trinajstić information content (AvgIpc) is 3.28. The van der Waals surface area contributed by atoms with E-state index in [1.54, 1.807) is 23.9 Å². The molecule has 0 bridgehead atoms. The van der Waals surface area contributed by atoms with Crippen molar-refractivity contribution in [1.29, 1.82) is 5.26 Å². The number of amides is 1. The van der Waals surface area contributed by atoms with Crippen LogP contribution < -0.4 is 0 Å². The van der Waals surface area contributed by atoms with E-state index in [2.05, 4.69) is 6.07 Å². The average molecular weight is 339 g/mol. The maximum atomic E-state index is 13.3. The van der Waals surface area contributed by atoms with Crippen molar-refractivity contribution in [2.24, 2.45) is 0 Å². The van der Waals surface area contributed by atoms with Crippen LogP contribution in [-0.2, 0) is 4.74 Å². The second-order valence-electron chi connectivity index (χ2n) is 6.68. The van der Waals surface area contributed by atoms with Crippen molar-refractivity contribution in [3.8, 4) is 12.0 Å². The molecule has 1 aliphatic heterocycles. The molecule has 0 radical (unpaired) electrons. The van der Waals surface area contributed by atoms with Crippen molar-refractivity contribution in [2.75, 3.05) is 13.2 Å². The normalized spacial score (nSPS) is 23.1. The summed E-state index contributed by atoms with van der Waals surface area (Å²) in [6.07, 6.45) is 7.94. The molecule has 2 aromatic rings. The predicted octanol–water partition coefficient (Wildman–Crippen LogP) is 3.03. The van der Waals surface area contributed by atoms with Gasteiger partial charge in [-0.15, -0.1) is 0 Å². The lowest BCUT2D eigenvalue weighted by atomic mass is 9.89. The van der Waals surface area contributed by atoms with Gasteiger partial charge in [-0.3, -0.25) is 9.36 Å². The second-order valence-corrected chi connectivity index (χ2v) is 6.68. The molecule has 0 N–H and O–H groups in total. The monoisotopic (exact) mass is 339 g/mol. The maximum absolute atomic E-state index is 13.3. The fourth-order valence-corrected chi connectivity index (χ4v) is 4.04. The summed E-state index contributed by atoms with van der Waals surface area (Å²) < 4.78 is 13.4. The number of aryl methyl sites for hydroxylation is 1. The highest BCUT2D eigenvalue weighted by atomic mass is 16.5. The van der Waals surface area contributed by atoms with Gasteiger partial charge in [0, 0.05) is 18.9 Å². The third-order valence-electron chi connectivity index (χ3n) is 5.22. The van der Waals surface area contributed by atoms with Crippen molar-refractivity contribution >= 4 is 5.91 Å². The van der Waals surface area contributed by atoms with Gasteiger partial charge in [0.05, 0.1) is 18.8 Å². The molecular weight excluding hydrogens is 318 g/mol. The molecule has 2 aliphatic rings. The summed E-state index contributed by atoms with van der Waals surface area (Å²) in [4.78, 5) is 15.2. The number of furan rings is 1. The highest BCUT2D eigenvalue weighted by molar-refractivity contribution is 5.99. The van der Waals surface area contributed by atoms with Gasteiger partial charge in [0.25, 0.3) is 5.91 Å². The second kappa shape index (κ2) is 6.41. The van der Waals surface area contributed by atoms with Gasteiger partial charge >= 0.3 is 0 Å². The predicted molar refractivity (Wildman–Crippen MR) is 90.5 cm³/mol. The zero-order chi connectivity index (χ0) is 17.4. The minimum absolute atomic E-state index is 0.103. The molecule has 3 heterocycles. The number of fused-ring (bicyclic) bond motifs is 1. The SMILES string of the molecule is Cc1oc(-n2cccc2)c(C#N)c1C(=O)N1CCO[C@@H]2CCCC[C@@H]21. The van der Waals surface area contributed by atoms with Crippen LogP contribution in [0.5, 0.6) is 0 Å². The Kier molecular flexibility index (Phi) is 4.10. The van der Waals surface area contributed by atoms with Crippen LogP contribution in [0.15, 0.2) is 28.9 Å². The lowest BCUT2D eigenvalue weighted by molar-refractivity contribution is -0.0753. The highest BCUT2D eigenvalue weighted by Gasteiger charge is 2.39. The summed E-state index contributed by atoms with van der Waals surface area (Å²) in [6.45, 7) is 2.87. The number of rotatable bonds is 2. The summed E-state index contributed by atoms with van der Waals surface area (Å²) in [5.74, 6) is 0.780. The lowest BCUT2D eigenvalue weighted by Gasteiger charge is -2.43. The van der Waals surface area contributed by atoms with Crippen LogP contribution in [0.3, 0.4) is 0 Å². The summed E-state index contributed by atoms with van der Waals surface area (Å²) in [5, 5.41) is 9.67. The number of morpholine rings is 1. The first-order valence-corrected chi connectivity index (χ1v) is 8.80. The Morgan fingerprint density at radius 2 is 2.04 bits per heavy atom. The number of ether oxygens (including phenoxy) is 1. The Balaban J connectivity index is 1.72. The van der Waals surface area contributed by atoms with E-state index in [1.807, 2.05) is 17.0 Å². The Hall–Kier alpha value is -2.52. The van der Waals surface area contributed by atoms with Gasteiger partial charge in [0.1, 0.15) is 23.0 Å². The molecule has 1 aliphatic carbocycles. The third kappa shape index (κ3) is 2.65. The van der Waals surface area contributed by atoms with Crippen LogP contribution in [0.1, 0.15) is 47.4 Å². The molecular formula is C19H21N3O3. The van der Waals surface area contributed by atoms with Gasteiger partial charge in [0.15, 0.2) is 0 Å². The molecule has 2 aromatic heterocycles. The van der Waals surface area contributed by atoms with Crippen molar-refractivity contribution in [3.05, 3.63) is 41.4 Å². The fourth-order valence-electron chi connectivity index (χ4n) is 4.04. The molecule has 1 amide bonds. The number of carbonyl (C=O) groups excluding carboxylic acids is 1. The third-order valence-corrected chi connectivity index (χ3v) is 5.22. The Morgan fingerprint density at radius 1 is 1.28 bits per heavy atom. The van der Waals surface area contributed by atoms with Crippen LogP contribution in [-0.4, -0.2) is 40.7 Å². The van der Waals surface area contributed by atoms with Crippen molar-refractivity contribution in [1.82, 2.24) is 9.47 Å². The molecule has 6 nitrogen and oxygen atoms in total. The first kappa shape index (κ1) is 16.0. The molecule has 2 atom stereocenters. The van der Waals surface area contributed by atoms with Gasteiger partial charge in [-0.1, -0.05) is 12.8 Å². The van der Waals surface area contributed by atoms with Crippen LogP contribution in [0.4, 0.5) is 0 Å². The largest absolute Gasteiger partial charge is 0.443 e. The zero-order valence-electron chi connectivity index (χ0n) is 14.3. The first-order chi connectivity index (χ1) is 12.2. The molecule has 0 unspecified atom stereocenters. The van der Waals surface area contributed by atoms with Gasteiger partial charge < -0.3 is 14.1 Å². The van der Waals surface area contributed by atoms with Gasteiger partial charge in [-0.2, -0.15) is 5.26 Å². The number of hydrogen-bond donors (Lipinski definition) is 0. The fraction of sp³-hybridized carbons (Fsp3) is 0.474. The number of carbonyl (C=O) groups is 1. The van der Waals surface area contributed by atoms with E-state index in [1.165, 1.54) is 0 Å². The number of aromatic nitrogens is 1. The molecule has 2 fully saturated rings. The molecule has 6 heteroatoms. The number of nitrogens with zero attached hydrogens (tertiary/aromatic N) is 3. The minimum Gasteiger partial charge on any atom is -0.443 e. The van der Waals surface area contributed by atoms with E-state index < -0.39 is 0 Å². The maximum Gasteiger partial charge on any atom is 0.259 e.